The number of benzene rings is 1. The molecule has 0 fully saturated rings. The number of carbonyl (C=O) groups is 1. The van der Waals surface area contributed by atoms with Crippen molar-refractivity contribution in [2.24, 2.45) is 5.14 Å². The van der Waals surface area contributed by atoms with Crippen LogP contribution in [0.5, 0.6) is 0 Å². The van der Waals surface area contributed by atoms with Crippen LogP contribution in [0.4, 0.5) is 5.69 Å². The second-order valence-corrected chi connectivity index (χ2v) is 7.64. The molecule has 2 aromatic rings. The predicted octanol–water partition coefficient (Wildman–Crippen LogP) is 2.57. The van der Waals surface area contributed by atoms with Crippen LogP contribution in [0, 0.1) is 20.8 Å². The van der Waals surface area contributed by atoms with Gasteiger partial charge in [0.1, 0.15) is 0 Å². The first kappa shape index (κ1) is 15.7. The van der Waals surface area contributed by atoms with Gasteiger partial charge >= 0.3 is 0 Å². The molecule has 0 radical (unpaired) electrons. The summed E-state index contributed by atoms with van der Waals surface area (Å²) >= 11 is 1.40. The lowest BCUT2D eigenvalue weighted by Crippen LogP contribution is -2.15. The van der Waals surface area contributed by atoms with Crippen LogP contribution in [-0.4, -0.2) is 14.3 Å². The third-order valence-corrected chi connectivity index (χ3v) is 5.24. The first-order valence-electron chi connectivity index (χ1n) is 6.20. The van der Waals surface area contributed by atoms with Crippen molar-refractivity contribution in [1.82, 2.24) is 0 Å². The van der Waals surface area contributed by atoms with E-state index in [0.29, 0.717) is 10.6 Å². The van der Waals surface area contributed by atoms with Gasteiger partial charge in [0.15, 0.2) is 0 Å². The fraction of sp³-hybridized carbons (Fsp3) is 0.214. The normalized spacial score (nSPS) is 11.4. The Morgan fingerprint density at radius 3 is 2.33 bits per heavy atom. The lowest BCUT2D eigenvalue weighted by molar-refractivity contribution is 0.103. The summed E-state index contributed by atoms with van der Waals surface area (Å²) in [7, 11) is -3.79. The molecule has 0 unspecified atom stereocenters. The van der Waals surface area contributed by atoms with Gasteiger partial charge in [0.25, 0.3) is 5.91 Å². The number of thiophene rings is 1. The van der Waals surface area contributed by atoms with Gasteiger partial charge in [-0.15, -0.1) is 11.3 Å². The van der Waals surface area contributed by atoms with Gasteiger partial charge in [0.2, 0.25) is 10.0 Å². The van der Waals surface area contributed by atoms with Crippen LogP contribution in [0.1, 0.15) is 25.7 Å². The van der Waals surface area contributed by atoms with Crippen molar-refractivity contribution in [1.29, 1.82) is 0 Å². The van der Waals surface area contributed by atoms with Crippen molar-refractivity contribution in [3.8, 4) is 0 Å². The summed E-state index contributed by atoms with van der Waals surface area (Å²) in [6.07, 6.45) is 0. The topological polar surface area (TPSA) is 89.3 Å². The summed E-state index contributed by atoms with van der Waals surface area (Å²) < 4.78 is 22.7. The zero-order valence-corrected chi connectivity index (χ0v) is 13.6. The van der Waals surface area contributed by atoms with Gasteiger partial charge < -0.3 is 5.32 Å². The van der Waals surface area contributed by atoms with Crippen LogP contribution in [0.15, 0.2) is 29.2 Å². The van der Waals surface area contributed by atoms with Crippen LogP contribution in [0.2, 0.25) is 0 Å². The Hall–Kier alpha value is -1.70. The fourth-order valence-corrected chi connectivity index (χ4v) is 3.25. The first-order valence-corrected chi connectivity index (χ1v) is 8.56. The van der Waals surface area contributed by atoms with Gasteiger partial charge in [0, 0.05) is 10.6 Å². The van der Waals surface area contributed by atoms with Gasteiger partial charge in [-0.2, -0.15) is 0 Å². The van der Waals surface area contributed by atoms with E-state index in [9.17, 15) is 13.2 Å². The number of carbonyl (C=O) groups excluding carboxylic acids is 1. The maximum atomic E-state index is 12.2. The molecule has 0 aliphatic heterocycles. The van der Waals surface area contributed by atoms with Crippen molar-refractivity contribution < 1.29 is 13.2 Å². The third-order valence-electron chi connectivity index (χ3n) is 3.18. The Labute approximate surface area is 127 Å². The molecule has 0 spiro atoms. The van der Waals surface area contributed by atoms with Gasteiger partial charge in [-0.25, -0.2) is 13.6 Å². The largest absolute Gasteiger partial charge is 0.321 e. The van der Waals surface area contributed by atoms with E-state index in [1.807, 2.05) is 19.9 Å². The summed E-state index contributed by atoms with van der Waals surface area (Å²) in [5, 5.41) is 7.83. The van der Waals surface area contributed by atoms with Crippen molar-refractivity contribution in [3.63, 3.8) is 0 Å². The number of rotatable bonds is 3. The van der Waals surface area contributed by atoms with E-state index in [2.05, 4.69) is 5.32 Å². The molecule has 112 valence electrons. The minimum absolute atomic E-state index is 0.0260. The lowest BCUT2D eigenvalue weighted by atomic mass is 10.2. The highest BCUT2D eigenvalue weighted by atomic mass is 32.2. The molecule has 1 aromatic carbocycles. The minimum Gasteiger partial charge on any atom is -0.321 e. The number of nitrogens with one attached hydrogen (secondary N) is 1. The number of hydrogen-bond donors (Lipinski definition) is 2. The SMILES string of the molecule is Cc1ccc(S(N)(=O)=O)cc1NC(=O)c1cc(C)c(C)s1. The monoisotopic (exact) mass is 324 g/mol. The van der Waals surface area contributed by atoms with Crippen molar-refractivity contribution in [2.75, 3.05) is 5.32 Å². The van der Waals surface area contributed by atoms with E-state index in [4.69, 9.17) is 5.14 Å². The minimum atomic E-state index is -3.79. The highest BCUT2D eigenvalue weighted by Crippen LogP contribution is 2.24. The Morgan fingerprint density at radius 2 is 1.81 bits per heavy atom. The molecule has 5 nitrogen and oxygen atoms in total. The van der Waals surface area contributed by atoms with Gasteiger partial charge in [-0.1, -0.05) is 6.07 Å². The van der Waals surface area contributed by atoms with E-state index >= 15 is 0 Å². The molecular formula is C14H16N2O3S2. The Bertz CT molecular complexity index is 788. The summed E-state index contributed by atoms with van der Waals surface area (Å²) in [5.41, 5.74) is 2.26. The Kier molecular flexibility index (Phi) is 4.18. The Balaban J connectivity index is 2.33. The number of aryl methyl sites for hydroxylation is 3. The molecule has 0 atom stereocenters. The number of sulfonamides is 1. The van der Waals surface area contributed by atoms with E-state index in [1.165, 1.54) is 23.5 Å². The quantitative estimate of drug-likeness (QED) is 0.909. The predicted molar refractivity (Wildman–Crippen MR) is 84.3 cm³/mol. The highest BCUT2D eigenvalue weighted by Gasteiger charge is 2.14. The zero-order valence-electron chi connectivity index (χ0n) is 11.9. The van der Waals surface area contributed by atoms with E-state index in [1.54, 1.807) is 13.0 Å². The molecule has 2 rings (SSSR count). The highest BCUT2D eigenvalue weighted by molar-refractivity contribution is 7.89. The van der Waals surface area contributed by atoms with Crippen molar-refractivity contribution in [2.45, 2.75) is 25.7 Å². The second-order valence-electron chi connectivity index (χ2n) is 4.83. The van der Waals surface area contributed by atoms with E-state index in [0.717, 1.165) is 16.0 Å². The molecule has 0 bridgehead atoms. The molecule has 0 aliphatic carbocycles. The first-order chi connectivity index (χ1) is 9.68. The molecule has 7 heteroatoms. The molecule has 21 heavy (non-hydrogen) atoms. The van der Waals surface area contributed by atoms with Crippen LogP contribution in [-0.2, 0) is 10.0 Å². The number of amides is 1. The molecule has 0 saturated heterocycles. The third kappa shape index (κ3) is 3.49. The van der Waals surface area contributed by atoms with Crippen molar-refractivity contribution >= 4 is 33.0 Å². The number of nitrogens with two attached hydrogens (primary N) is 1. The smallest absolute Gasteiger partial charge is 0.265 e. The molecule has 1 amide bonds. The van der Waals surface area contributed by atoms with Gasteiger partial charge in [0.05, 0.1) is 9.77 Å². The lowest BCUT2D eigenvalue weighted by Gasteiger charge is -2.09. The summed E-state index contributed by atoms with van der Waals surface area (Å²) in [4.78, 5) is 13.9. The van der Waals surface area contributed by atoms with Crippen LogP contribution in [0.25, 0.3) is 0 Å². The average Bonchev–Trinajstić information content (AvgIpc) is 2.71. The average molecular weight is 324 g/mol. The molecule has 0 saturated carbocycles. The molecule has 1 heterocycles. The van der Waals surface area contributed by atoms with Crippen molar-refractivity contribution in [3.05, 3.63) is 45.1 Å². The van der Waals surface area contributed by atoms with Gasteiger partial charge in [-0.05, 0) is 50.1 Å². The fourth-order valence-electron chi connectivity index (χ4n) is 1.78. The van der Waals surface area contributed by atoms with Crippen LogP contribution >= 0.6 is 11.3 Å². The molecular weight excluding hydrogens is 308 g/mol. The summed E-state index contributed by atoms with van der Waals surface area (Å²) in [6.45, 7) is 5.67. The summed E-state index contributed by atoms with van der Waals surface area (Å²) in [6, 6.07) is 6.21. The van der Waals surface area contributed by atoms with E-state index < -0.39 is 10.0 Å². The van der Waals surface area contributed by atoms with E-state index in [-0.39, 0.29) is 10.8 Å². The molecule has 1 aromatic heterocycles. The molecule has 0 aliphatic rings. The Morgan fingerprint density at radius 1 is 1.14 bits per heavy atom. The maximum Gasteiger partial charge on any atom is 0.265 e. The van der Waals surface area contributed by atoms with Crippen LogP contribution < -0.4 is 10.5 Å². The molecule has 3 N–H and O–H groups in total. The second kappa shape index (κ2) is 5.59. The van der Waals surface area contributed by atoms with Gasteiger partial charge in [-0.3, -0.25) is 4.79 Å². The zero-order chi connectivity index (χ0) is 15.8. The maximum absolute atomic E-state index is 12.2. The number of hydrogen-bond acceptors (Lipinski definition) is 4. The number of anilines is 1. The summed E-state index contributed by atoms with van der Waals surface area (Å²) in [5.74, 6) is -0.258. The standard InChI is InChI=1S/C14H16N2O3S2/c1-8-4-5-11(21(15,18)19)7-12(8)16-14(17)13-6-9(2)10(3)20-13/h4-7H,1-3H3,(H,16,17)(H2,15,18,19). The number of primary sulfonamides is 1. The van der Waals surface area contributed by atoms with Crippen LogP contribution in [0.3, 0.4) is 0 Å².